The molecule has 1 N–H and O–H groups in total. The summed E-state index contributed by atoms with van der Waals surface area (Å²) in [7, 11) is 0. The fourth-order valence-corrected chi connectivity index (χ4v) is 2.48. The van der Waals surface area contributed by atoms with E-state index in [9.17, 15) is 13.2 Å². The highest BCUT2D eigenvalue weighted by Crippen LogP contribution is 2.37. The summed E-state index contributed by atoms with van der Waals surface area (Å²) in [6.45, 7) is 3.13. The molecule has 1 saturated carbocycles. The van der Waals surface area contributed by atoms with E-state index in [0.717, 1.165) is 13.0 Å². The fraction of sp³-hybridized carbons (Fsp3) is 1.00. The summed E-state index contributed by atoms with van der Waals surface area (Å²) in [5, 5.41) is 3.39. The molecule has 0 aliphatic heterocycles. The van der Waals surface area contributed by atoms with Gasteiger partial charge in [0.05, 0.1) is 5.92 Å². The van der Waals surface area contributed by atoms with Crippen molar-refractivity contribution < 1.29 is 13.2 Å². The lowest BCUT2D eigenvalue weighted by molar-refractivity contribution is -0.182. The van der Waals surface area contributed by atoms with Crippen molar-refractivity contribution in [3.8, 4) is 0 Å². The molecule has 0 bridgehead atoms. The molecular weight excluding hydrogens is 227 g/mol. The van der Waals surface area contributed by atoms with Gasteiger partial charge in [-0.05, 0) is 38.6 Å². The Balaban J connectivity index is 2.07. The van der Waals surface area contributed by atoms with Crippen LogP contribution in [0.25, 0.3) is 0 Å². The standard InChI is InChI=1S/C13H24F3N/c1-2-3-4-5-10-17-12-8-6-11(7-9-12)13(14,15)16/h11-12,17H,2-10H2,1H3. The molecule has 1 aliphatic carbocycles. The largest absolute Gasteiger partial charge is 0.391 e. The summed E-state index contributed by atoms with van der Waals surface area (Å²) in [6, 6.07) is 0.315. The van der Waals surface area contributed by atoms with Crippen LogP contribution in [0.4, 0.5) is 13.2 Å². The van der Waals surface area contributed by atoms with Crippen LogP contribution in [0.1, 0.15) is 58.3 Å². The van der Waals surface area contributed by atoms with E-state index in [1.54, 1.807) is 0 Å². The molecule has 0 spiro atoms. The maximum atomic E-state index is 12.4. The van der Waals surface area contributed by atoms with Gasteiger partial charge in [-0.2, -0.15) is 13.2 Å². The van der Waals surface area contributed by atoms with E-state index >= 15 is 0 Å². The van der Waals surface area contributed by atoms with E-state index in [1.165, 1.54) is 19.3 Å². The molecule has 0 saturated heterocycles. The zero-order valence-electron chi connectivity index (χ0n) is 10.7. The Morgan fingerprint density at radius 3 is 2.18 bits per heavy atom. The predicted molar refractivity (Wildman–Crippen MR) is 63.9 cm³/mol. The lowest BCUT2D eigenvalue weighted by atomic mass is 9.85. The average Bonchev–Trinajstić information content (AvgIpc) is 2.28. The molecule has 0 atom stereocenters. The molecule has 1 fully saturated rings. The smallest absolute Gasteiger partial charge is 0.314 e. The maximum Gasteiger partial charge on any atom is 0.391 e. The minimum atomic E-state index is -3.98. The highest BCUT2D eigenvalue weighted by atomic mass is 19.4. The summed E-state index contributed by atoms with van der Waals surface area (Å²) in [6.07, 6.45) is 2.82. The summed E-state index contributed by atoms with van der Waals surface area (Å²) in [5.41, 5.74) is 0. The number of rotatable bonds is 6. The number of nitrogens with one attached hydrogen (secondary N) is 1. The lowest BCUT2D eigenvalue weighted by Crippen LogP contribution is -2.37. The van der Waals surface area contributed by atoms with Crippen molar-refractivity contribution in [3.05, 3.63) is 0 Å². The Kier molecular flexibility index (Phi) is 6.31. The van der Waals surface area contributed by atoms with Gasteiger partial charge in [0, 0.05) is 6.04 Å². The highest BCUT2D eigenvalue weighted by Gasteiger charge is 2.41. The highest BCUT2D eigenvalue weighted by molar-refractivity contribution is 4.80. The molecule has 4 heteroatoms. The Hall–Kier alpha value is -0.250. The second kappa shape index (κ2) is 7.24. The van der Waals surface area contributed by atoms with E-state index in [2.05, 4.69) is 12.2 Å². The molecule has 102 valence electrons. The van der Waals surface area contributed by atoms with Crippen molar-refractivity contribution in [1.29, 1.82) is 0 Å². The Morgan fingerprint density at radius 2 is 1.65 bits per heavy atom. The van der Waals surface area contributed by atoms with Crippen LogP contribution in [0, 0.1) is 5.92 Å². The van der Waals surface area contributed by atoms with Crippen molar-refractivity contribution in [3.63, 3.8) is 0 Å². The minimum absolute atomic E-state index is 0.302. The molecule has 1 aliphatic rings. The van der Waals surface area contributed by atoms with Gasteiger partial charge in [-0.25, -0.2) is 0 Å². The van der Waals surface area contributed by atoms with E-state index in [-0.39, 0.29) is 0 Å². The third-order valence-electron chi connectivity index (χ3n) is 3.65. The first-order valence-electron chi connectivity index (χ1n) is 6.84. The van der Waals surface area contributed by atoms with Crippen LogP contribution in [0.15, 0.2) is 0 Å². The summed E-state index contributed by atoms with van der Waals surface area (Å²) in [5.74, 6) is -1.05. The molecule has 1 nitrogen and oxygen atoms in total. The van der Waals surface area contributed by atoms with Gasteiger partial charge in [0.2, 0.25) is 0 Å². The van der Waals surface area contributed by atoms with Crippen LogP contribution in [0.2, 0.25) is 0 Å². The molecule has 0 amide bonds. The molecule has 0 unspecified atom stereocenters. The first kappa shape index (κ1) is 14.8. The van der Waals surface area contributed by atoms with Crippen LogP contribution < -0.4 is 5.32 Å². The van der Waals surface area contributed by atoms with E-state index in [1.807, 2.05) is 0 Å². The molecule has 17 heavy (non-hydrogen) atoms. The Morgan fingerprint density at radius 1 is 1.00 bits per heavy atom. The lowest BCUT2D eigenvalue weighted by Gasteiger charge is -2.30. The third kappa shape index (κ3) is 5.75. The predicted octanol–water partition coefficient (Wildman–Crippen LogP) is 4.28. The second-order valence-electron chi connectivity index (χ2n) is 5.10. The van der Waals surface area contributed by atoms with Crippen LogP contribution in [-0.2, 0) is 0 Å². The fourth-order valence-electron chi connectivity index (χ4n) is 2.48. The second-order valence-corrected chi connectivity index (χ2v) is 5.10. The third-order valence-corrected chi connectivity index (χ3v) is 3.65. The van der Waals surface area contributed by atoms with Crippen LogP contribution >= 0.6 is 0 Å². The van der Waals surface area contributed by atoms with Crippen molar-refractivity contribution in [2.24, 2.45) is 5.92 Å². The molecule has 1 rings (SSSR count). The van der Waals surface area contributed by atoms with Crippen LogP contribution in [-0.4, -0.2) is 18.8 Å². The van der Waals surface area contributed by atoms with Crippen molar-refractivity contribution in [1.82, 2.24) is 5.32 Å². The quantitative estimate of drug-likeness (QED) is 0.695. The molecule has 0 radical (unpaired) electrons. The van der Waals surface area contributed by atoms with Gasteiger partial charge in [-0.1, -0.05) is 26.2 Å². The molecular formula is C13H24F3N. The van der Waals surface area contributed by atoms with Gasteiger partial charge in [0.15, 0.2) is 0 Å². The van der Waals surface area contributed by atoms with Gasteiger partial charge in [0.25, 0.3) is 0 Å². The summed E-state index contributed by atoms with van der Waals surface area (Å²) in [4.78, 5) is 0. The number of unbranched alkanes of at least 4 members (excludes halogenated alkanes) is 3. The van der Waals surface area contributed by atoms with Gasteiger partial charge >= 0.3 is 6.18 Å². The van der Waals surface area contributed by atoms with Gasteiger partial charge < -0.3 is 5.32 Å². The van der Waals surface area contributed by atoms with Gasteiger partial charge in [-0.3, -0.25) is 0 Å². The van der Waals surface area contributed by atoms with Crippen molar-refractivity contribution >= 4 is 0 Å². The SMILES string of the molecule is CCCCCCNC1CCC(C(F)(F)F)CC1. The summed E-state index contributed by atoms with van der Waals surface area (Å²) < 4.78 is 37.3. The Bertz CT molecular complexity index is 195. The number of hydrogen-bond acceptors (Lipinski definition) is 1. The van der Waals surface area contributed by atoms with Gasteiger partial charge in [0.1, 0.15) is 0 Å². The summed E-state index contributed by atoms with van der Waals surface area (Å²) >= 11 is 0. The zero-order valence-corrected chi connectivity index (χ0v) is 10.7. The molecule has 0 aromatic heterocycles. The zero-order chi connectivity index (χ0) is 12.7. The van der Waals surface area contributed by atoms with Crippen LogP contribution in [0.3, 0.4) is 0 Å². The average molecular weight is 251 g/mol. The van der Waals surface area contributed by atoms with Crippen LogP contribution in [0.5, 0.6) is 0 Å². The first-order valence-corrected chi connectivity index (χ1v) is 6.84. The van der Waals surface area contributed by atoms with E-state index in [4.69, 9.17) is 0 Å². The monoisotopic (exact) mass is 251 g/mol. The van der Waals surface area contributed by atoms with Gasteiger partial charge in [-0.15, -0.1) is 0 Å². The maximum absolute atomic E-state index is 12.4. The van der Waals surface area contributed by atoms with Crippen molar-refractivity contribution in [2.75, 3.05) is 6.54 Å². The molecule has 0 aromatic carbocycles. The first-order chi connectivity index (χ1) is 8.04. The normalized spacial score (nSPS) is 26.1. The Labute approximate surface area is 102 Å². The molecule has 0 heterocycles. The minimum Gasteiger partial charge on any atom is -0.314 e. The number of alkyl halides is 3. The van der Waals surface area contributed by atoms with E-state index in [0.29, 0.717) is 31.7 Å². The number of hydrogen-bond donors (Lipinski definition) is 1. The number of halogens is 3. The van der Waals surface area contributed by atoms with E-state index < -0.39 is 12.1 Å². The van der Waals surface area contributed by atoms with Crippen molar-refractivity contribution in [2.45, 2.75) is 70.5 Å². The molecule has 0 aromatic rings. The topological polar surface area (TPSA) is 12.0 Å².